The van der Waals surface area contributed by atoms with Gasteiger partial charge in [-0.05, 0) is 12.1 Å². The van der Waals surface area contributed by atoms with Crippen molar-refractivity contribution in [3.05, 3.63) is 36.5 Å². The number of carbonyl (C=O) groups is 1. The maximum atomic E-state index is 13.0. The van der Waals surface area contributed by atoms with E-state index < -0.39 is 21.4 Å². The number of anilines is 1. The van der Waals surface area contributed by atoms with Crippen LogP contribution in [0.5, 0.6) is 0 Å². The van der Waals surface area contributed by atoms with Crippen LogP contribution >= 0.6 is 0 Å². The Balaban J connectivity index is 1.97. The third-order valence-corrected chi connectivity index (χ3v) is 4.49. The first-order chi connectivity index (χ1) is 9.45. The summed E-state index contributed by atoms with van der Waals surface area (Å²) in [6, 6.07) is 9.11. The average Bonchev–Trinajstić information content (AvgIpc) is 2.80. The highest BCUT2D eigenvalue weighted by molar-refractivity contribution is 7.87. The van der Waals surface area contributed by atoms with Crippen molar-refractivity contribution in [1.29, 1.82) is 0 Å². The van der Waals surface area contributed by atoms with Crippen LogP contribution in [0.4, 0.5) is 9.57 Å². The van der Waals surface area contributed by atoms with E-state index in [2.05, 4.69) is 4.98 Å². The van der Waals surface area contributed by atoms with Gasteiger partial charge in [-0.2, -0.15) is 8.42 Å². The molecule has 1 aromatic carbocycles. The molecule has 1 saturated heterocycles. The van der Waals surface area contributed by atoms with E-state index >= 15 is 0 Å². The van der Waals surface area contributed by atoms with Crippen molar-refractivity contribution < 1.29 is 17.1 Å². The molecule has 1 amide bonds. The summed E-state index contributed by atoms with van der Waals surface area (Å²) in [7, 11) is -4.70. The average molecular weight is 294 g/mol. The Hall–Kier alpha value is -2.02. The summed E-state index contributed by atoms with van der Waals surface area (Å²) >= 11 is 0. The van der Waals surface area contributed by atoms with Crippen LogP contribution in [-0.2, 0) is 15.0 Å². The molecule has 7 heteroatoms. The Kier molecular flexibility index (Phi) is 2.93. The number of pyridine rings is 1. The van der Waals surface area contributed by atoms with E-state index in [0.717, 1.165) is 10.9 Å². The summed E-state index contributed by atoms with van der Waals surface area (Å²) < 4.78 is 34.8. The van der Waals surface area contributed by atoms with Crippen molar-refractivity contribution in [2.24, 2.45) is 0 Å². The predicted molar refractivity (Wildman–Crippen MR) is 72.5 cm³/mol. The molecular formula is C13H11FN2O3S. The number of aromatic nitrogens is 1. The molecule has 1 unspecified atom stereocenters. The molecule has 2 aromatic rings. The quantitative estimate of drug-likeness (QED) is 0.790. The summed E-state index contributed by atoms with van der Waals surface area (Å²) in [5.41, 5.74) is 1.26. The third-order valence-electron chi connectivity index (χ3n) is 3.38. The van der Waals surface area contributed by atoms with E-state index in [0.29, 0.717) is 5.69 Å². The zero-order chi connectivity index (χ0) is 14.3. The lowest BCUT2D eigenvalue weighted by molar-refractivity contribution is -0.117. The molecule has 5 nitrogen and oxygen atoms in total. The van der Waals surface area contributed by atoms with Gasteiger partial charge in [0.05, 0.1) is 17.4 Å². The Morgan fingerprint density at radius 2 is 2.05 bits per heavy atom. The van der Waals surface area contributed by atoms with E-state index in [1.54, 1.807) is 6.07 Å². The molecule has 1 aromatic heterocycles. The van der Waals surface area contributed by atoms with E-state index in [9.17, 15) is 17.1 Å². The molecular weight excluding hydrogens is 283 g/mol. The number of nitrogens with zero attached hydrogens (tertiary/aromatic N) is 2. The van der Waals surface area contributed by atoms with Crippen LogP contribution < -0.4 is 4.90 Å². The molecule has 0 aliphatic carbocycles. The predicted octanol–water partition coefficient (Wildman–Crippen LogP) is 1.64. The Labute approximate surface area is 115 Å². The molecule has 1 fully saturated rings. The van der Waals surface area contributed by atoms with Crippen LogP contribution in [-0.4, -0.2) is 31.1 Å². The molecule has 1 aliphatic heterocycles. The van der Waals surface area contributed by atoms with Crippen molar-refractivity contribution in [2.75, 3.05) is 11.4 Å². The third kappa shape index (κ3) is 2.24. The number of amides is 1. The normalized spacial score (nSPS) is 19.8. The molecule has 20 heavy (non-hydrogen) atoms. The van der Waals surface area contributed by atoms with Gasteiger partial charge in [0.15, 0.2) is 0 Å². The van der Waals surface area contributed by atoms with Gasteiger partial charge in [-0.15, -0.1) is 3.89 Å². The smallest absolute Gasteiger partial charge is 0.307 e. The van der Waals surface area contributed by atoms with Crippen LogP contribution in [0.3, 0.4) is 0 Å². The lowest BCUT2D eigenvalue weighted by Crippen LogP contribution is -2.26. The summed E-state index contributed by atoms with van der Waals surface area (Å²) in [5.74, 6) is -0.409. The number of fused-ring (bicyclic) bond motifs is 1. The number of rotatable bonds is 2. The fraction of sp³-hybridized carbons (Fsp3) is 0.231. The minimum absolute atomic E-state index is 0.169. The molecule has 2 heterocycles. The van der Waals surface area contributed by atoms with Gasteiger partial charge < -0.3 is 4.90 Å². The molecule has 0 bridgehead atoms. The highest BCUT2D eigenvalue weighted by atomic mass is 32.3. The molecule has 1 atom stereocenters. The van der Waals surface area contributed by atoms with Crippen molar-refractivity contribution >= 4 is 32.7 Å². The van der Waals surface area contributed by atoms with Crippen molar-refractivity contribution in [1.82, 2.24) is 4.98 Å². The fourth-order valence-electron chi connectivity index (χ4n) is 2.32. The van der Waals surface area contributed by atoms with Crippen LogP contribution in [0, 0.1) is 0 Å². The van der Waals surface area contributed by atoms with E-state index in [-0.39, 0.29) is 13.0 Å². The zero-order valence-corrected chi connectivity index (χ0v) is 11.2. The minimum Gasteiger partial charge on any atom is -0.309 e. The van der Waals surface area contributed by atoms with Gasteiger partial charge in [-0.1, -0.05) is 18.2 Å². The SMILES string of the molecule is O=C1CC(S(=O)(=O)F)CN1c1cnc2ccccc2c1. The Morgan fingerprint density at radius 1 is 1.30 bits per heavy atom. The first-order valence-electron chi connectivity index (χ1n) is 6.04. The summed E-state index contributed by atoms with van der Waals surface area (Å²) in [4.78, 5) is 17.3. The largest absolute Gasteiger partial charge is 0.309 e. The number of carbonyl (C=O) groups excluding carboxylic acids is 1. The summed E-state index contributed by atoms with van der Waals surface area (Å²) in [5, 5.41) is -0.453. The van der Waals surface area contributed by atoms with E-state index in [1.807, 2.05) is 24.3 Å². The topological polar surface area (TPSA) is 67.3 Å². The minimum atomic E-state index is -4.70. The molecule has 104 valence electrons. The second-order valence-electron chi connectivity index (χ2n) is 4.69. The summed E-state index contributed by atoms with van der Waals surface area (Å²) in [6.07, 6.45) is 1.17. The van der Waals surface area contributed by atoms with Gasteiger partial charge >= 0.3 is 10.2 Å². The summed E-state index contributed by atoms with van der Waals surface area (Å²) in [6.45, 7) is -0.169. The van der Waals surface area contributed by atoms with Crippen molar-refractivity contribution in [3.8, 4) is 0 Å². The van der Waals surface area contributed by atoms with Gasteiger partial charge in [0.25, 0.3) is 0 Å². The molecule has 1 aliphatic rings. The van der Waals surface area contributed by atoms with Gasteiger partial charge in [0.1, 0.15) is 5.25 Å². The van der Waals surface area contributed by atoms with Crippen LogP contribution in [0.1, 0.15) is 6.42 Å². The van der Waals surface area contributed by atoms with Crippen LogP contribution in [0.2, 0.25) is 0 Å². The molecule has 0 spiro atoms. The monoisotopic (exact) mass is 294 g/mol. The second-order valence-corrected chi connectivity index (χ2v) is 6.31. The lowest BCUT2D eigenvalue weighted by Gasteiger charge is -2.16. The molecule has 0 N–H and O–H groups in total. The number of benzene rings is 1. The first-order valence-corrected chi connectivity index (χ1v) is 7.48. The Morgan fingerprint density at radius 3 is 2.75 bits per heavy atom. The number of hydrogen-bond donors (Lipinski definition) is 0. The van der Waals surface area contributed by atoms with Crippen molar-refractivity contribution in [3.63, 3.8) is 0 Å². The molecule has 0 saturated carbocycles. The maximum Gasteiger partial charge on any atom is 0.307 e. The maximum absolute atomic E-state index is 13.0. The van der Waals surface area contributed by atoms with Crippen LogP contribution in [0.25, 0.3) is 10.9 Å². The zero-order valence-electron chi connectivity index (χ0n) is 10.4. The number of para-hydroxylation sites is 1. The van der Waals surface area contributed by atoms with E-state index in [4.69, 9.17) is 0 Å². The van der Waals surface area contributed by atoms with Crippen LogP contribution in [0.15, 0.2) is 36.5 Å². The van der Waals surface area contributed by atoms with Gasteiger partial charge in [0.2, 0.25) is 5.91 Å². The Bertz CT molecular complexity index is 791. The molecule has 3 rings (SSSR count). The first kappa shape index (κ1) is 13.0. The highest BCUT2D eigenvalue weighted by Crippen LogP contribution is 2.27. The second kappa shape index (κ2) is 4.52. The van der Waals surface area contributed by atoms with Gasteiger partial charge in [-0.3, -0.25) is 9.78 Å². The van der Waals surface area contributed by atoms with Gasteiger partial charge in [0, 0.05) is 18.4 Å². The lowest BCUT2D eigenvalue weighted by atomic mass is 10.2. The number of halogens is 1. The standard InChI is InChI=1S/C13H11FN2O3S/c14-20(18,19)11-6-13(17)16(8-11)10-5-9-3-1-2-4-12(9)15-7-10/h1-5,7,11H,6,8H2. The van der Waals surface area contributed by atoms with Crippen molar-refractivity contribution in [2.45, 2.75) is 11.7 Å². The number of hydrogen-bond acceptors (Lipinski definition) is 4. The fourth-order valence-corrected chi connectivity index (χ4v) is 2.99. The van der Waals surface area contributed by atoms with E-state index in [1.165, 1.54) is 11.1 Å². The van der Waals surface area contributed by atoms with Gasteiger partial charge in [-0.25, -0.2) is 0 Å². The highest BCUT2D eigenvalue weighted by Gasteiger charge is 2.39. The molecule has 0 radical (unpaired) electrons.